The summed E-state index contributed by atoms with van der Waals surface area (Å²) in [7, 11) is -3.23. The van der Waals surface area contributed by atoms with Gasteiger partial charge in [-0.1, -0.05) is 29.8 Å². The summed E-state index contributed by atoms with van der Waals surface area (Å²) in [5.41, 5.74) is 0.414. The fourth-order valence-corrected chi connectivity index (χ4v) is 5.32. The summed E-state index contributed by atoms with van der Waals surface area (Å²) in [5.74, 6) is -1.31. The van der Waals surface area contributed by atoms with Crippen LogP contribution in [0.25, 0.3) is 0 Å². The number of fused-ring (bicyclic) bond motifs is 1. The van der Waals surface area contributed by atoms with Gasteiger partial charge in [-0.3, -0.25) is 19.3 Å². The lowest BCUT2D eigenvalue weighted by molar-refractivity contribution is -0.138. The van der Waals surface area contributed by atoms with E-state index in [-0.39, 0.29) is 22.6 Å². The minimum Gasteiger partial charge on any atom is -0.457 e. The molecule has 1 heterocycles. The van der Waals surface area contributed by atoms with Crippen molar-refractivity contribution in [3.05, 3.63) is 88.9 Å². The van der Waals surface area contributed by atoms with Gasteiger partial charge in [0.25, 0.3) is 27.7 Å². The Labute approximate surface area is 218 Å². The molecule has 1 N–H and O–H groups in total. The van der Waals surface area contributed by atoms with Crippen molar-refractivity contribution >= 4 is 39.3 Å². The van der Waals surface area contributed by atoms with Crippen LogP contribution in [0.4, 0.5) is 0 Å². The molecular weight excluding hydrogens is 522 g/mol. The smallest absolute Gasteiger partial charge is 0.266 e. The molecule has 4 rings (SSSR count). The molecule has 12 heteroatoms. The van der Waals surface area contributed by atoms with Crippen molar-refractivity contribution in [1.82, 2.24) is 14.3 Å². The summed E-state index contributed by atoms with van der Waals surface area (Å²) in [4.78, 5) is 38.8. The highest BCUT2D eigenvalue weighted by molar-refractivity contribution is 7.89. The summed E-state index contributed by atoms with van der Waals surface area (Å²) in [6.07, 6.45) is 0. The number of halogens is 1. The lowest BCUT2D eigenvalue weighted by atomic mass is 10.1. The third-order valence-corrected chi connectivity index (χ3v) is 7.56. The van der Waals surface area contributed by atoms with E-state index in [1.54, 1.807) is 36.4 Å². The predicted molar refractivity (Wildman–Crippen MR) is 133 cm³/mol. The van der Waals surface area contributed by atoms with Gasteiger partial charge >= 0.3 is 0 Å². The van der Waals surface area contributed by atoms with Crippen LogP contribution in [0.3, 0.4) is 0 Å². The normalized spacial score (nSPS) is 13.1. The van der Waals surface area contributed by atoms with E-state index in [2.05, 4.69) is 0 Å². The average Bonchev–Trinajstić information content (AvgIpc) is 3.09. The Morgan fingerprint density at radius 3 is 2.14 bits per heavy atom. The van der Waals surface area contributed by atoms with Crippen molar-refractivity contribution < 1.29 is 32.7 Å². The van der Waals surface area contributed by atoms with Gasteiger partial charge in [-0.2, -0.15) is 5.06 Å². The first-order valence-electron chi connectivity index (χ1n) is 11.0. The third kappa shape index (κ3) is 5.65. The first-order valence-corrected chi connectivity index (χ1v) is 12.8. The second-order valence-corrected chi connectivity index (χ2v) is 10.4. The summed E-state index contributed by atoms with van der Waals surface area (Å²) in [5, 5.41) is 10.5. The maximum atomic E-state index is 13.4. The Morgan fingerprint density at radius 1 is 0.946 bits per heavy atom. The number of sulfonamides is 1. The van der Waals surface area contributed by atoms with Gasteiger partial charge < -0.3 is 9.94 Å². The van der Waals surface area contributed by atoms with Gasteiger partial charge in [-0.25, -0.2) is 12.7 Å². The zero-order valence-electron chi connectivity index (χ0n) is 19.6. The molecule has 0 saturated heterocycles. The van der Waals surface area contributed by atoms with Crippen LogP contribution in [0.5, 0.6) is 11.5 Å². The zero-order valence-corrected chi connectivity index (χ0v) is 21.1. The number of ether oxygens (including phenoxy) is 1. The van der Waals surface area contributed by atoms with E-state index in [0.29, 0.717) is 25.9 Å². The monoisotopic (exact) mass is 543 g/mol. The number of imide groups is 1. The van der Waals surface area contributed by atoms with Gasteiger partial charge in [-0.05, 0) is 54.6 Å². The Balaban J connectivity index is 1.55. The van der Waals surface area contributed by atoms with Crippen molar-refractivity contribution in [2.45, 2.75) is 4.90 Å². The second kappa shape index (κ2) is 10.7. The van der Waals surface area contributed by atoms with E-state index < -0.39 is 40.8 Å². The van der Waals surface area contributed by atoms with Crippen LogP contribution < -0.4 is 4.74 Å². The van der Waals surface area contributed by atoms with E-state index in [4.69, 9.17) is 16.3 Å². The van der Waals surface area contributed by atoms with Crippen LogP contribution in [-0.2, 0) is 14.8 Å². The molecular formula is C25H22ClN3O7S. The van der Waals surface area contributed by atoms with E-state index in [0.717, 1.165) is 4.90 Å². The Bertz CT molecular complexity index is 1420. The number of amides is 3. The van der Waals surface area contributed by atoms with Crippen LogP contribution in [0.15, 0.2) is 77.7 Å². The number of benzene rings is 3. The fourth-order valence-electron chi connectivity index (χ4n) is 3.76. The molecule has 3 amide bonds. The van der Waals surface area contributed by atoms with Gasteiger partial charge in [0.1, 0.15) is 18.0 Å². The maximum Gasteiger partial charge on any atom is 0.266 e. The Morgan fingerprint density at radius 2 is 1.57 bits per heavy atom. The maximum absolute atomic E-state index is 13.4. The first-order chi connectivity index (χ1) is 17.6. The molecule has 0 atom stereocenters. The molecule has 1 aliphatic rings. The van der Waals surface area contributed by atoms with Gasteiger partial charge in [0.2, 0.25) is 0 Å². The van der Waals surface area contributed by atoms with E-state index in [1.165, 1.54) is 43.4 Å². The van der Waals surface area contributed by atoms with Gasteiger partial charge in [-0.15, -0.1) is 0 Å². The summed E-state index contributed by atoms with van der Waals surface area (Å²) in [6.45, 7) is -1.49. The summed E-state index contributed by atoms with van der Waals surface area (Å²) >= 11 is 5.95. The lowest BCUT2D eigenvalue weighted by Gasteiger charge is -2.25. The zero-order chi connectivity index (χ0) is 26.7. The molecule has 0 radical (unpaired) electrons. The molecule has 0 fully saturated rings. The number of hydroxylamine groups is 2. The fraction of sp³-hybridized carbons (Fsp3) is 0.160. The van der Waals surface area contributed by atoms with Crippen molar-refractivity contribution in [2.24, 2.45) is 0 Å². The van der Waals surface area contributed by atoms with Crippen molar-refractivity contribution in [3.63, 3.8) is 0 Å². The van der Waals surface area contributed by atoms with Gasteiger partial charge in [0.05, 0.1) is 22.6 Å². The Hall–Kier alpha value is -3.77. The highest BCUT2D eigenvalue weighted by Gasteiger charge is 2.37. The number of carbonyl (C=O) groups is 3. The number of hydrogen-bond acceptors (Lipinski definition) is 8. The van der Waals surface area contributed by atoms with Gasteiger partial charge in [0.15, 0.2) is 0 Å². The molecule has 0 aromatic heterocycles. The molecule has 0 bridgehead atoms. The van der Waals surface area contributed by atoms with Crippen LogP contribution in [-0.4, -0.2) is 72.3 Å². The average molecular weight is 544 g/mol. The second-order valence-electron chi connectivity index (χ2n) is 8.13. The predicted octanol–water partition coefficient (Wildman–Crippen LogP) is 3.27. The molecule has 0 saturated carbocycles. The highest BCUT2D eigenvalue weighted by Crippen LogP contribution is 2.27. The minimum atomic E-state index is -4.42. The van der Waals surface area contributed by atoms with Crippen LogP contribution in [0.2, 0.25) is 5.02 Å². The van der Waals surface area contributed by atoms with E-state index in [9.17, 15) is 28.0 Å². The SMILES string of the molecule is CN(O)CC(=O)N(CCN1C(=O)c2ccccc2C1=O)S(=O)(=O)c1ccc(Oc2cccc(Cl)c2)cc1. The first kappa shape index (κ1) is 26.3. The summed E-state index contributed by atoms with van der Waals surface area (Å²) < 4.78 is 33.0. The van der Waals surface area contributed by atoms with Gasteiger partial charge in [0, 0.05) is 18.6 Å². The highest BCUT2D eigenvalue weighted by atomic mass is 35.5. The minimum absolute atomic E-state index is 0.207. The molecule has 10 nitrogen and oxygen atoms in total. The number of nitrogens with zero attached hydrogens (tertiary/aromatic N) is 3. The molecule has 3 aromatic rings. The molecule has 37 heavy (non-hydrogen) atoms. The van der Waals surface area contributed by atoms with Crippen LogP contribution in [0, 0.1) is 0 Å². The van der Waals surface area contributed by atoms with E-state index >= 15 is 0 Å². The standard InChI is InChI=1S/C25H22ClN3O7S/c1-27(33)16-23(30)29(14-13-28-24(31)21-7-2-3-8-22(21)25(28)32)37(34,35)20-11-9-18(10-12-20)36-19-6-4-5-17(26)15-19/h2-12,15,33H,13-14,16H2,1H3. The quantitative estimate of drug-likeness (QED) is 0.322. The lowest BCUT2D eigenvalue weighted by Crippen LogP contribution is -2.46. The molecule has 0 aliphatic carbocycles. The molecule has 192 valence electrons. The number of carbonyl (C=O) groups excluding carboxylic acids is 3. The largest absolute Gasteiger partial charge is 0.457 e. The van der Waals surface area contributed by atoms with Crippen molar-refractivity contribution in [1.29, 1.82) is 0 Å². The Kier molecular flexibility index (Phi) is 7.60. The molecule has 0 unspecified atom stereocenters. The summed E-state index contributed by atoms with van der Waals surface area (Å²) in [6, 6.07) is 18.3. The van der Waals surface area contributed by atoms with Crippen molar-refractivity contribution in [2.75, 3.05) is 26.7 Å². The molecule has 3 aromatic carbocycles. The third-order valence-electron chi connectivity index (χ3n) is 5.49. The number of likely N-dealkylation sites (N-methyl/N-ethyl adjacent to an activating group) is 1. The van der Waals surface area contributed by atoms with Crippen molar-refractivity contribution in [3.8, 4) is 11.5 Å². The number of hydrogen-bond donors (Lipinski definition) is 1. The molecule has 0 spiro atoms. The van der Waals surface area contributed by atoms with Crippen LogP contribution >= 0.6 is 11.6 Å². The topological polar surface area (TPSA) is 125 Å². The van der Waals surface area contributed by atoms with E-state index in [1.807, 2.05) is 0 Å². The number of rotatable bonds is 9. The van der Waals surface area contributed by atoms with Crippen LogP contribution in [0.1, 0.15) is 20.7 Å². The molecule has 1 aliphatic heterocycles.